The van der Waals surface area contributed by atoms with Gasteiger partial charge in [-0.05, 0) is 73.5 Å². The summed E-state index contributed by atoms with van der Waals surface area (Å²) >= 11 is 0. The molecule has 3 atom stereocenters. The summed E-state index contributed by atoms with van der Waals surface area (Å²) < 4.78 is 11.3. The van der Waals surface area contributed by atoms with Crippen LogP contribution in [0, 0.1) is 5.92 Å². The molecule has 1 aromatic rings. The lowest BCUT2D eigenvalue weighted by atomic mass is 9.82. The van der Waals surface area contributed by atoms with E-state index in [2.05, 4.69) is 25.1 Å². The van der Waals surface area contributed by atoms with Gasteiger partial charge in [0.25, 0.3) is 0 Å². The Hall–Kier alpha value is -0.900. The Labute approximate surface area is 146 Å². The van der Waals surface area contributed by atoms with Gasteiger partial charge >= 0.3 is 0 Å². The zero-order chi connectivity index (χ0) is 16.8. The average Bonchev–Trinajstić information content (AvgIpc) is 3.04. The minimum atomic E-state index is 0.411. The van der Waals surface area contributed by atoms with E-state index >= 15 is 0 Å². The van der Waals surface area contributed by atoms with E-state index in [-0.39, 0.29) is 0 Å². The van der Waals surface area contributed by atoms with Gasteiger partial charge in [-0.2, -0.15) is 0 Å². The molecule has 134 valence electrons. The second-order valence-electron chi connectivity index (χ2n) is 7.59. The highest BCUT2D eigenvalue weighted by Crippen LogP contribution is 2.36. The molecule has 24 heavy (non-hydrogen) atoms. The lowest BCUT2D eigenvalue weighted by Gasteiger charge is -2.26. The van der Waals surface area contributed by atoms with Crippen molar-refractivity contribution in [2.45, 2.75) is 63.8 Å². The largest absolute Gasteiger partial charge is 0.379 e. The molecule has 3 rings (SSSR count). The summed E-state index contributed by atoms with van der Waals surface area (Å²) in [6.07, 6.45) is 8.29. The topological polar surface area (TPSA) is 44.5 Å². The van der Waals surface area contributed by atoms with Crippen molar-refractivity contribution in [1.29, 1.82) is 0 Å². The van der Waals surface area contributed by atoms with Crippen LogP contribution in [0.2, 0.25) is 0 Å². The maximum absolute atomic E-state index is 6.08. The highest BCUT2D eigenvalue weighted by atomic mass is 16.5. The third-order valence-corrected chi connectivity index (χ3v) is 5.58. The van der Waals surface area contributed by atoms with E-state index < -0.39 is 0 Å². The predicted molar refractivity (Wildman–Crippen MR) is 98.5 cm³/mol. The zero-order valence-electron chi connectivity index (χ0n) is 15.1. The fraction of sp³-hybridized carbons (Fsp3) is 0.714. The van der Waals surface area contributed by atoms with Gasteiger partial charge in [-0.15, -0.1) is 0 Å². The predicted octanol–water partition coefficient (Wildman–Crippen LogP) is 3.83. The minimum absolute atomic E-state index is 0.411. The van der Waals surface area contributed by atoms with E-state index in [1.165, 1.54) is 36.8 Å². The first kappa shape index (κ1) is 17.9. The van der Waals surface area contributed by atoms with Crippen molar-refractivity contribution in [3.05, 3.63) is 34.9 Å². The molecular formula is C21H33NO2. The van der Waals surface area contributed by atoms with Gasteiger partial charge in [0.15, 0.2) is 0 Å². The van der Waals surface area contributed by atoms with Crippen molar-refractivity contribution in [2.24, 2.45) is 11.7 Å². The second-order valence-corrected chi connectivity index (χ2v) is 7.59. The highest BCUT2D eigenvalue weighted by molar-refractivity contribution is 5.36. The van der Waals surface area contributed by atoms with E-state index in [1.807, 2.05) is 0 Å². The molecule has 0 saturated heterocycles. The first-order chi connectivity index (χ1) is 11.8. The van der Waals surface area contributed by atoms with Crippen molar-refractivity contribution in [2.75, 3.05) is 26.4 Å². The van der Waals surface area contributed by atoms with E-state index in [4.69, 9.17) is 15.2 Å². The maximum atomic E-state index is 6.08. The summed E-state index contributed by atoms with van der Waals surface area (Å²) in [5.74, 6) is 1.35. The molecule has 0 spiro atoms. The van der Waals surface area contributed by atoms with Crippen LogP contribution >= 0.6 is 0 Å². The second kappa shape index (κ2) is 8.98. The number of rotatable bonds is 8. The molecule has 0 bridgehead atoms. The molecule has 0 amide bonds. The Morgan fingerprint density at radius 1 is 1.04 bits per heavy atom. The number of nitrogens with two attached hydrogens (primary N) is 1. The molecule has 1 fully saturated rings. The van der Waals surface area contributed by atoms with Crippen LogP contribution in [-0.2, 0) is 22.3 Å². The van der Waals surface area contributed by atoms with Gasteiger partial charge in [0, 0.05) is 19.3 Å². The van der Waals surface area contributed by atoms with E-state index in [0.717, 1.165) is 45.7 Å². The number of fused-ring (bicyclic) bond motifs is 1. The van der Waals surface area contributed by atoms with Gasteiger partial charge in [-0.1, -0.05) is 25.1 Å². The standard InChI is InChI=1S/C21H33NO2/c1-2-9-23-10-11-24-15-16-3-4-18-13-19(6-5-17(18)12-16)20-7-8-21(22)14-20/h5-6,13,16,20-21H,2-4,7-12,14-15,22H2,1H3. The van der Waals surface area contributed by atoms with Crippen molar-refractivity contribution in [3.63, 3.8) is 0 Å². The third-order valence-electron chi connectivity index (χ3n) is 5.58. The molecular weight excluding hydrogens is 298 g/mol. The van der Waals surface area contributed by atoms with Gasteiger partial charge in [-0.25, -0.2) is 0 Å². The van der Waals surface area contributed by atoms with Crippen LogP contribution in [0.5, 0.6) is 0 Å². The van der Waals surface area contributed by atoms with E-state index in [0.29, 0.717) is 17.9 Å². The molecule has 0 heterocycles. The zero-order valence-corrected chi connectivity index (χ0v) is 15.1. The number of aryl methyl sites for hydroxylation is 1. The summed E-state index contributed by atoms with van der Waals surface area (Å²) in [6.45, 7) is 5.30. The van der Waals surface area contributed by atoms with Crippen LogP contribution in [0.1, 0.15) is 61.6 Å². The molecule has 3 unspecified atom stereocenters. The quantitative estimate of drug-likeness (QED) is 0.736. The van der Waals surface area contributed by atoms with Gasteiger partial charge in [0.2, 0.25) is 0 Å². The molecule has 2 N–H and O–H groups in total. The molecule has 0 aromatic heterocycles. The van der Waals surface area contributed by atoms with Crippen LogP contribution in [0.25, 0.3) is 0 Å². The lowest BCUT2D eigenvalue weighted by molar-refractivity contribution is 0.0316. The van der Waals surface area contributed by atoms with Crippen LogP contribution < -0.4 is 5.73 Å². The van der Waals surface area contributed by atoms with Gasteiger partial charge in [-0.3, -0.25) is 0 Å². The average molecular weight is 332 g/mol. The Morgan fingerprint density at radius 2 is 1.92 bits per heavy atom. The molecule has 0 aliphatic heterocycles. The van der Waals surface area contributed by atoms with Gasteiger partial charge in [0.1, 0.15) is 0 Å². The number of hydrogen-bond acceptors (Lipinski definition) is 3. The SMILES string of the molecule is CCCOCCOCC1CCc2cc(C3CCC(N)C3)ccc2C1. The Morgan fingerprint density at radius 3 is 2.71 bits per heavy atom. The third kappa shape index (κ3) is 4.81. The summed E-state index contributed by atoms with van der Waals surface area (Å²) in [5, 5.41) is 0. The normalized spacial score (nSPS) is 26.5. The van der Waals surface area contributed by atoms with E-state index in [9.17, 15) is 0 Å². The van der Waals surface area contributed by atoms with Crippen molar-refractivity contribution in [1.82, 2.24) is 0 Å². The maximum Gasteiger partial charge on any atom is 0.0700 e. The van der Waals surface area contributed by atoms with Crippen molar-refractivity contribution >= 4 is 0 Å². The number of ether oxygens (including phenoxy) is 2. The fourth-order valence-electron chi connectivity index (χ4n) is 4.18. The summed E-state index contributed by atoms with van der Waals surface area (Å²) in [6, 6.07) is 7.59. The summed E-state index contributed by atoms with van der Waals surface area (Å²) in [7, 11) is 0. The molecule has 2 aliphatic carbocycles. The molecule has 1 saturated carbocycles. The van der Waals surface area contributed by atoms with Crippen LogP contribution in [0.15, 0.2) is 18.2 Å². The monoisotopic (exact) mass is 331 g/mol. The summed E-state index contributed by atoms with van der Waals surface area (Å²) in [5.41, 5.74) is 10.7. The minimum Gasteiger partial charge on any atom is -0.379 e. The molecule has 1 aromatic carbocycles. The molecule has 3 nitrogen and oxygen atoms in total. The smallest absolute Gasteiger partial charge is 0.0700 e. The summed E-state index contributed by atoms with van der Waals surface area (Å²) in [4.78, 5) is 0. The van der Waals surface area contributed by atoms with Gasteiger partial charge in [0.05, 0.1) is 13.2 Å². The Kier molecular flexibility index (Phi) is 6.70. The van der Waals surface area contributed by atoms with Crippen LogP contribution in [0.4, 0.5) is 0 Å². The van der Waals surface area contributed by atoms with Crippen LogP contribution in [0.3, 0.4) is 0 Å². The number of hydrogen-bond donors (Lipinski definition) is 1. The van der Waals surface area contributed by atoms with Crippen molar-refractivity contribution < 1.29 is 9.47 Å². The first-order valence-corrected chi connectivity index (χ1v) is 9.79. The lowest BCUT2D eigenvalue weighted by Crippen LogP contribution is -2.20. The van der Waals surface area contributed by atoms with E-state index in [1.54, 1.807) is 5.56 Å². The molecule has 3 heteroatoms. The van der Waals surface area contributed by atoms with Gasteiger partial charge < -0.3 is 15.2 Å². The number of benzene rings is 1. The van der Waals surface area contributed by atoms with Crippen LogP contribution in [-0.4, -0.2) is 32.5 Å². The fourth-order valence-corrected chi connectivity index (χ4v) is 4.18. The molecule has 2 aliphatic rings. The Bertz CT molecular complexity index is 517. The first-order valence-electron chi connectivity index (χ1n) is 9.79. The highest BCUT2D eigenvalue weighted by Gasteiger charge is 2.25. The Balaban J connectivity index is 1.46. The van der Waals surface area contributed by atoms with Crippen molar-refractivity contribution in [3.8, 4) is 0 Å². The molecule has 0 radical (unpaired) electrons.